The summed E-state index contributed by atoms with van der Waals surface area (Å²) in [6, 6.07) is 5.71. The molecule has 0 aromatic heterocycles. The molecule has 0 spiro atoms. The number of anilines is 2. The Bertz CT molecular complexity index is 430. The highest BCUT2D eigenvalue weighted by molar-refractivity contribution is 5.97. The van der Waals surface area contributed by atoms with Crippen LogP contribution in [0.2, 0.25) is 0 Å². The third-order valence-electron chi connectivity index (χ3n) is 2.86. The summed E-state index contributed by atoms with van der Waals surface area (Å²) >= 11 is 0. The number of fused-ring (bicyclic) bond motifs is 1. The van der Waals surface area contributed by atoms with E-state index in [9.17, 15) is 4.79 Å². The SMILES string of the molecule is CCN(CC)c1ccc2c(c1)OC(N)C(=O)N2. The fraction of sp³-hybridized carbons (Fsp3) is 0.417. The van der Waals surface area contributed by atoms with E-state index in [-0.39, 0.29) is 5.91 Å². The largest absolute Gasteiger partial charge is 0.464 e. The van der Waals surface area contributed by atoms with E-state index in [0.29, 0.717) is 11.4 Å². The van der Waals surface area contributed by atoms with Crippen molar-refractivity contribution in [1.82, 2.24) is 0 Å². The molecule has 1 heterocycles. The van der Waals surface area contributed by atoms with Gasteiger partial charge in [-0.05, 0) is 26.0 Å². The Balaban J connectivity index is 2.31. The first-order valence-corrected chi connectivity index (χ1v) is 5.77. The van der Waals surface area contributed by atoms with Crippen LogP contribution < -0.4 is 20.7 Å². The third-order valence-corrected chi connectivity index (χ3v) is 2.86. The molecule has 1 aromatic rings. The molecule has 0 fully saturated rings. The number of ether oxygens (including phenoxy) is 1. The van der Waals surface area contributed by atoms with Crippen molar-refractivity contribution in [3.8, 4) is 5.75 Å². The van der Waals surface area contributed by atoms with E-state index in [1.807, 2.05) is 18.2 Å². The molecule has 0 bridgehead atoms. The van der Waals surface area contributed by atoms with Gasteiger partial charge in [0.1, 0.15) is 5.75 Å². The fourth-order valence-corrected chi connectivity index (χ4v) is 1.89. The molecule has 5 heteroatoms. The number of nitrogens with two attached hydrogens (primary N) is 1. The van der Waals surface area contributed by atoms with Crippen LogP contribution in [0.4, 0.5) is 11.4 Å². The van der Waals surface area contributed by atoms with Gasteiger partial charge in [0.25, 0.3) is 5.91 Å². The number of hydrogen-bond acceptors (Lipinski definition) is 4. The topological polar surface area (TPSA) is 67.6 Å². The molecule has 5 nitrogen and oxygen atoms in total. The highest BCUT2D eigenvalue weighted by Gasteiger charge is 2.24. The quantitative estimate of drug-likeness (QED) is 0.824. The van der Waals surface area contributed by atoms with Gasteiger partial charge in [0.2, 0.25) is 6.23 Å². The summed E-state index contributed by atoms with van der Waals surface area (Å²) in [5.74, 6) is 0.314. The van der Waals surface area contributed by atoms with Crippen LogP contribution in [0.25, 0.3) is 0 Å². The van der Waals surface area contributed by atoms with Crippen molar-refractivity contribution in [3.05, 3.63) is 18.2 Å². The van der Waals surface area contributed by atoms with E-state index in [2.05, 4.69) is 24.1 Å². The van der Waals surface area contributed by atoms with E-state index in [0.717, 1.165) is 18.8 Å². The van der Waals surface area contributed by atoms with Crippen LogP contribution in [-0.4, -0.2) is 25.2 Å². The van der Waals surface area contributed by atoms with E-state index < -0.39 is 6.23 Å². The van der Waals surface area contributed by atoms with Crippen molar-refractivity contribution >= 4 is 17.3 Å². The lowest BCUT2D eigenvalue weighted by Gasteiger charge is -2.26. The Labute approximate surface area is 101 Å². The molecule has 92 valence electrons. The second kappa shape index (κ2) is 4.63. The van der Waals surface area contributed by atoms with Crippen LogP contribution in [0.1, 0.15) is 13.8 Å². The fourth-order valence-electron chi connectivity index (χ4n) is 1.89. The highest BCUT2D eigenvalue weighted by Crippen LogP contribution is 2.32. The van der Waals surface area contributed by atoms with Gasteiger partial charge in [0.15, 0.2) is 0 Å². The molecule has 1 atom stereocenters. The molecule has 3 N–H and O–H groups in total. The van der Waals surface area contributed by atoms with Crippen molar-refractivity contribution in [1.29, 1.82) is 0 Å². The molecule has 17 heavy (non-hydrogen) atoms. The summed E-state index contributed by atoms with van der Waals surface area (Å²) < 4.78 is 5.36. The maximum absolute atomic E-state index is 11.3. The normalized spacial score (nSPS) is 18.1. The van der Waals surface area contributed by atoms with Gasteiger partial charge in [-0.15, -0.1) is 0 Å². The van der Waals surface area contributed by atoms with Crippen LogP contribution in [0.5, 0.6) is 5.75 Å². The van der Waals surface area contributed by atoms with Crippen LogP contribution in [0.3, 0.4) is 0 Å². The molecular weight excluding hydrogens is 218 g/mol. The van der Waals surface area contributed by atoms with Gasteiger partial charge in [-0.2, -0.15) is 0 Å². The Morgan fingerprint density at radius 1 is 1.41 bits per heavy atom. The van der Waals surface area contributed by atoms with Gasteiger partial charge in [0.05, 0.1) is 5.69 Å². The Kier molecular flexibility index (Phi) is 3.19. The van der Waals surface area contributed by atoms with Gasteiger partial charge in [-0.3, -0.25) is 10.5 Å². The monoisotopic (exact) mass is 235 g/mol. The summed E-state index contributed by atoms with van der Waals surface area (Å²) in [6.45, 7) is 6.04. The number of carbonyl (C=O) groups excluding carboxylic acids is 1. The zero-order valence-corrected chi connectivity index (χ0v) is 10.1. The first kappa shape index (κ1) is 11.7. The lowest BCUT2D eigenvalue weighted by atomic mass is 10.2. The molecule has 1 aliphatic heterocycles. The van der Waals surface area contributed by atoms with Crippen molar-refractivity contribution in [2.24, 2.45) is 5.73 Å². The number of hydrogen-bond donors (Lipinski definition) is 2. The Hall–Kier alpha value is -1.75. The molecule has 1 aromatic carbocycles. The first-order valence-electron chi connectivity index (χ1n) is 5.77. The number of carbonyl (C=O) groups is 1. The number of rotatable bonds is 3. The van der Waals surface area contributed by atoms with Crippen molar-refractivity contribution in [2.45, 2.75) is 20.1 Å². The minimum Gasteiger partial charge on any atom is -0.464 e. The maximum Gasteiger partial charge on any atom is 0.280 e. The predicted octanol–water partition coefficient (Wildman–Crippen LogP) is 1.15. The van der Waals surface area contributed by atoms with Crippen molar-refractivity contribution in [2.75, 3.05) is 23.3 Å². The summed E-state index contributed by atoms with van der Waals surface area (Å²) in [7, 11) is 0. The van der Waals surface area contributed by atoms with Crippen molar-refractivity contribution < 1.29 is 9.53 Å². The highest BCUT2D eigenvalue weighted by atomic mass is 16.5. The molecule has 1 amide bonds. The lowest BCUT2D eigenvalue weighted by Crippen LogP contribution is -2.43. The lowest BCUT2D eigenvalue weighted by molar-refractivity contribution is -0.123. The number of amides is 1. The molecule has 1 aliphatic rings. The second-order valence-corrected chi connectivity index (χ2v) is 3.88. The van der Waals surface area contributed by atoms with Gasteiger partial charge in [-0.1, -0.05) is 0 Å². The number of benzene rings is 1. The second-order valence-electron chi connectivity index (χ2n) is 3.88. The van der Waals surface area contributed by atoms with Crippen LogP contribution in [-0.2, 0) is 4.79 Å². The molecule has 0 aliphatic carbocycles. The van der Waals surface area contributed by atoms with Gasteiger partial charge in [-0.25, -0.2) is 0 Å². The predicted molar refractivity (Wildman–Crippen MR) is 67.2 cm³/mol. The third kappa shape index (κ3) is 2.19. The van der Waals surface area contributed by atoms with Crippen LogP contribution >= 0.6 is 0 Å². The summed E-state index contributed by atoms with van der Waals surface area (Å²) in [5.41, 5.74) is 7.28. The zero-order chi connectivity index (χ0) is 12.4. The molecule has 0 saturated heterocycles. The Morgan fingerprint density at radius 2 is 2.12 bits per heavy atom. The molecule has 0 radical (unpaired) electrons. The molecular formula is C12H17N3O2. The van der Waals surface area contributed by atoms with E-state index in [4.69, 9.17) is 10.5 Å². The van der Waals surface area contributed by atoms with Gasteiger partial charge in [0, 0.05) is 24.8 Å². The average molecular weight is 235 g/mol. The van der Waals surface area contributed by atoms with Crippen LogP contribution in [0.15, 0.2) is 18.2 Å². The molecule has 2 rings (SSSR count). The minimum absolute atomic E-state index is 0.312. The molecule has 0 saturated carbocycles. The standard InChI is InChI=1S/C12H17N3O2/c1-3-15(4-2)8-5-6-9-10(7-8)17-11(13)12(16)14-9/h5-7,11H,3-4,13H2,1-2H3,(H,14,16). The van der Waals surface area contributed by atoms with E-state index >= 15 is 0 Å². The van der Waals surface area contributed by atoms with E-state index in [1.54, 1.807) is 0 Å². The van der Waals surface area contributed by atoms with Crippen LogP contribution in [0, 0.1) is 0 Å². The molecule has 1 unspecified atom stereocenters. The smallest absolute Gasteiger partial charge is 0.280 e. The van der Waals surface area contributed by atoms with Crippen molar-refractivity contribution in [3.63, 3.8) is 0 Å². The maximum atomic E-state index is 11.3. The summed E-state index contributed by atoms with van der Waals surface area (Å²) in [6.07, 6.45) is -0.922. The minimum atomic E-state index is -0.922. The number of nitrogens with one attached hydrogen (secondary N) is 1. The average Bonchev–Trinajstić information content (AvgIpc) is 2.32. The Morgan fingerprint density at radius 3 is 2.76 bits per heavy atom. The summed E-state index contributed by atoms with van der Waals surface area (Å²) in [5, 5.41) is 2.70. The number of nitrogens with zero attached hydrogens (tertiary/aromatic N) is 1. The zero-order valence-electron chi connectivity index (χ0n) is 10.1. The summed E-state index contributed by atoms with van der Waals surface area (Å²) in [4.78, 5) is 13.5. The van der Waals surface area contributed by atoms with Gasteiger partial charge < -0.3 is 15.0 Å². The van der Waals surface area contributed by atoms with E-state index in [1.165, 1.54) is 0 Å². The first-order chi connectivity index (χ1) is 8.15. The van der Waals surface area contributed by atoms with Gasteiger partial charge >= 0.3 is 0 Å².